The van der Waals surface area contributed by atoms with Gasteiger partial charge in [0.2, 0.25) is 0 Å². The number of nitrogens with one attached hydrogen (secondary N) is 1. The lowest BCUT2D eigenvalue weighted by Crippen LogP contribution is -2.41. The summed E-state index contributed by atoms with van der Waals surface area (Å²) in [6.45, 7) is 4.20. The predicted octanol–water partition coefficient (Wildman–Crippen LogP) is 4.30. The van der Waals surface area contributed by atoms with Crippen LogP contribution in [-0.4, -0.2) is 15.2 Å². The standard InChI is InChI=1S/C22H19F2N3O2/c1-21(2)14-6-8-22(21,29-12-7-9-25-18(28)10-12)20-13(14)11-17(26-27-20)19-15(23)4-3-5-16(19)24/h3-5,7,9-11,14H,6,8H2,1-2H3,(H,25,28)/t14-,22-/m0/s1. The van der Waals surface area contributed by atoms with Gasteiger partial charge in [-0.1, -0.05) is 19.9 Å². The number of hydrogen-bond acceptors (Lipinski definition) is 4. The number of pyridine rings is 1. The van der Waals surface area contributed by atoms with E-state index in [0.717, 1.165) is 18.4 Å². The lowest BCUT2D eigenvalue weighted by atomic mass is 9.77. The molecule has 29 heavy (non-hydrogen) atoms. The van der Waals surface area contributed by atoms with E-state index in [0.29, 0.717) is 11.4 Å². The van der Waals surface area contributed by atoms with Crippen LogP contribution in [0, 0.1) is 17.0 Å². The van der Waals surface area contributed by atoms with Crippen molar-refractivity contribution in [3.8, 4) is 17.0 Å². The van der Waals surface area contributed by atoms with Crippen molar-refractivity contribution in [2.45, 2.75) is 38.2 Å². The number of aromatic amines is 1. The van der Waals surface area contributed by atoms with E-state index < -0.39 is 17.2 Å². The van der Waals surface area contributed by atoms with E-state index in [2.05, 4.69) is 29.0 Å². The maximum atomic E-state index is 14.3. The van der Waals surface area contributed by atoms with Crippen molar-refractivity contribution in [1.82, 2.24) is 15.2 Å². The summed E-state index contributed by atoms with van der Waals surface area (Å²) in [5, 5.41) is 8.55. The molecule has 148 valence electrons. The van der Waals surface area contributed by atoms with Gasteiger partial charge in [-0.05, 0) is 48.6 Å². The molecule has 1 fully saturated rings. The first kappa shape index (κ1) is 18.0. The van der Waals surface area contributed by atoms with Crippen molar-refractivity contribution >= 4 is 0 Å². The topological polar surface area (TPSA) is 67.9 Å². The molecule has 2 atom stereocenters. The maximum Gasteiger partial charge on any atom is 0.251 e. The van der Waals surface area contributed by atoms with Crippen LogP contribution in [0.25, 0.3) is 11.3 Å². The molecule has 5 rings (SSSR count). The number of hydrogen-bond donors (Lipinski definition) is 1. The van der Waals surface area contributed by atoms with Gasteiger partial charge in [-0.25, -0.2) is 8.78 Å². The van der Waals surface area contributed by atoms with Crippen molar-refractivity contribution in [3.05, 3.63) is 75.8 Å². The van der Waals surface area contributed by atoms with Crippen molar-refractivity contribution in [2.75, 3.05) is 0 Å². The molecule has 0 saturated heterocycles. The van der Waals surface area contributed by atoms with E-state index in [1.54, 1.807) is 18.3 Å². The number of aromatic nitrogens is 3. The highest BCUT2D eigenvalue weighted by atomic mass is 19.1. The van der Waals surface area contributed by atoms with Crippen molar-refractivity contribution in [3.63, 3.8) is 0 Å². The summed E-state index contributed by atoms with van der Waals surface area (Å²) < 4.78 is 34.9. The Morgan fingerprint density at radius 2 is 1.90 bits per heavy atom. The highest BCUT2D eigenvalue weighted by Crippen LogP contribution is 2.67. The lowest BCUT2D eigenvalue weighted by molar-refractivity contribution is -0.0192. The normalized spacial score (nSPS) is 23.8. The minimum atomic E-state index is -0.750. The third kappa shape index (κ3) is 2.39. The number of halogens is 2. The molecule has 5 nitrogen and oxygen atoms in total. The minimum absolute atomic E-state index is 0.114. The van der Waals surface area contributed by atoms with Gasteiger partial charge in [-0.3, -0.25) is 4.79 Å². The number of rotatable bonds is 3. The second kappa shape index (κ2) is 5.95. The van der Waals surface area contributed by atoms with Crippen molar-refractivity contribution in [1.29, 1.82) is 0 Å². The van der Waals surface area contributed by atoms with Gasteiger partial charge < -0.3 is 9.72 Å². The first-order chi connectivity index (χ1) is 13.8. The Kier molecular flexibility index (Phi) is 3.69. The molecule has 2 aliphatic rings. The molecule has 1 saturated carbocycles. The quantitative estimate of drug-likeness (QED) is 0.718. The monoisotopic (exact) mass is 395 g/mol. The maximum absolute atomic E-state index is 14.3. The van der Waals surface area contributed by atoms with Gasteiger partial charge in [-0.15, -0.1) is 5.10 Å². The molecule has 0 amide bonds. The smallest absolute Gasteiger partial charge is 0.251 e. The number of fused-ring (bicyclic) bond motifs is 5. The Labute approximate surface area is 165 Å². The molecule has 2 aromatic heterocycles. The SMILES string of the molecule is CC1(C)[C@H]2CC[C@]1(Oc1cc[nH]c(=O)c1)c1nnc(-c3c(F)cccc3F)cc12. The van der Waals surface area contributed by atoms with Crippen LogP contribution in [0.5, 0.6) is 5.75 Å². The van der Waals surface area contributed by atoms with Gasteiger partial charge in [0.25, 0.3) is 5.56 Å². The number of H-pyrrole nitrogens is 1. The summed E-state index contributed by atoms with van der Waals surface area (Å²) in [6, 6.07) is 8.59. The van der Waals surface area contributed by atoms with Crippen LogP contribution >= 0.6 is 0 Å². The molecule has 2 bridgehead atoms. The molecule has 0 aliphatic heterocycles. The Morgan fingerprint density at radius 3 is 2.62 bits per heavy atom. The van der Waals surface area contributed by atoms with E-state index in [1.165, 1.54) is 24.3 Å². The summed E-state index contributed by atoms with van der Waals surface area (Å²) in [5.74, 6) is -0.766. The molecular formula is C22H19F2N3O2. The first-order valence-electron chi connectivity index (χ1n) is 9.54. The summed E-state index contributed by atoms with van der Waals surface area (Å²) in [4.78, 5) is 14.3. The van der Waals surface area contributed by atoms with Crippen LogP contribution in [0.4, 0.5) is 8.78 Å². The highest BCUT2D eigenvalue weighted by molar-refractivity contribution is 5.63. The van der Waals surface area contributed by atoms with E-state index >= 15 is 0 Å². The van der Waals surface area contributed by atoms with E-state index in [1.807, 2.05) is 0 Å². The number of ether oxygens (including phenoxy) is 1. The molecular weight excluding hydrogens is 376 g/mol. The fourth-order valence-electron chi connectivity index (χ4n) is 5.05. The molecule has 1 aromatic carbocycles. The van der Waals surface area contributed by atoms with Crippen LogP contribution in [0.2, 0.25) is 0 Å². The summed E-state index contributed by atoms with van der Waals surface area (Å²) in [6.07, 6.45) is 3.12. The van der Waals surface area contributed by atoms with Gasteiger partial charge in [-0.2, -0.15) is 5.10 Å². The molecule has 0 spiro atoms. The zero-order chi connectivity index (χ0) is 20.4. The highest BCUT2D eigenvalue weighted by Gasteiger charge is 2.65. The first-order valence-corrected chi connectivity index (χ1v) is 9.54. The summed E-state index contributed by atoms with van der Waals surface area (Å²) in [5.41, 5.74) is 0.264. The Bertz CT molecular complexity index is 1170. The van der Waals surface area contributed by atoms with Crippen molar-refractivity contribution in [2.24, 2.45) is 5.41 Å². The molecule has 3 aromatic rings. The zero-order valence-electron chi connectivity index (χ0n) is 16.0. The lowest BCUT2D eigenvalue weighted by Gasteiger charge is -2.37. The average molecular weight is 395 g/mol. The average Bonchev–Trinajstić information content (AvgIpc) is 3.02. The van der Waals surface area contributed by atoms with Gasteiger partial charge in [0.05, 0.1) is 11.3 Å². The van der Waals surface area contributed by atoms with Gasteiger partial charge in [0.15, 0.2) is 5.60 Å². The molecule has 1 N–H and O–H groups in total. The largest absolute Gasteiger partial charge is 0.480 e. The van der Waals surface area contributed by atoms with Gasteiger partial charge in [0.1, 0.15) is 23.1 Å². The van der Waals surface area contributed by atoms with Crippen LogP contribution in [0.15, 0.2) is 47.4 Å². The summed E-state index contributed by atoms with van der Waals surface area (Å²) >= 11 is 0. The third-order valence-electron chi connectivity index (χ3n) is 6.54. The second-order valence-corrected chi connectivity index (χ2v) is 8.26. The van der Waals surface area contributed by atoms with Crippen LogP contribution in [0.3, 0.4) is 0 Å². The minimum Gasteiger partial charge on any atom is -0.480 e. The van der Waals surface area contributed by atoms with Gasteiger partial charge in [0, 0.05) is 17.7 Å². The van der Waals surface area contributed by atoms with E-state index in [-0.39, 0.29) is 28.1 Å². The number of nitrogens with zero attached hydrogens (tertiary/aromatic N) is 2. The van der Waals surface area contributed by atoms with Crippen LogP contribution in [-0.2, 0) is 5.60 Å². The second-order valence-electron chi connectivity index (χ2n) is 8.26. The molecule has 2 heterocycles. The van der Waals surface area contributed by atoms with Crippen molar-refractivity contribution < 1.29 is 13.5 Å². The zero-order valence-corrected chi connectivity index (χ0v) is 16.0. The van der Waals surface area contributed by atoms with E-state index in [9.17, 15) is 13.6 Å². The Morgan fingerprint density at radius 1 is 1.14 bits per heavy atom. The Balaban J connectivity index is 1.65. The fraction of sp³-hybridized carbons (Fsp3) is 0.318. The third-order valence-corrected chi connectivity index (χ3v) is 6.54. The fourth-order valence-corrected chi connectivity index (χ4v) is 5.05. The predicted molar refractivity (Wildman–Crippen MR) is 103 cm³/mol. The molecule has 0 radical (unpaired) electrons. The molecule has 0 unspecified atom stereocenters. The number of benzene rings is 1. The van der Waals surface area contributed by atoms with Gasteiger partial charge >= 0.3 is 0 Å². The molecule has 2 aliphatic carbocycles. The molecule has 7 heteroatoms. The van der Waals surface area contributed by atoms with Crippen LogP contribution in [0.1, 0.15) is 43.9 Å². The van der Waals surface area contributed by atoms with E-state index in [4.69, 9.17) is 4.74 Å². The Hall–Kier alpha value is -3.09. The van der Waals surface area contributed by atoms with Crippen LogP contribution < -0.4 is 10.3 Å². The summed E-state index contributed by atoms with van der Waals surface area (Å²) in [7, 11) is 0.